The number of amidine groups is 2. The largest absolute Gasteiger partial charge is 0.456 e. The van der Waals surface area contributed by atoms with Crippen LogP contribution in [0.2, 0.25) is 0 Å². The van der Waals surface area contributed by atoms with Gasteiger partial charge in [0.1, 0.15) is 34.3 Å². The van der Waals surface area contributed by atoms with Gasteiger partial charge in [-0.2, -0.15) is 0 Å². The summed E-state index contributed by atoms with van der Waals surface area (Å²) in [6, 6.07) is 66.1. The van der Waals surface area contributed by atoms with Crippen LogP contribution in [-0.2, 0) is 0 Å². The standard InChI is InChI=1S/C55H33N3O2S/c1-2-13-32(14-3-1)53-56-54(58-55(57-53)43-22-10-21-40-38-17-7-9-26-49(38)61-52(40)43)41-29-28-37(35-15-4-5-16-36(35)41)39-20-12-25-48-51(39)44-31-33(27-30-46(44)60-48)34-19-11-24-47-50(34)42-18-6-8-23-45(42)59-47/h1-31,54H,(H,56,57,58). The minimum absolute atomic E-state index is 0.388. The Morgan fingerprint density at radius 2 is 1.07 bits per heavy atom. The van der Waals surface area contributed by atoms with Gasteiger partial charge in [0.25, 0.3) is 0 Å². The van der Waals surface area contributed by atoms with Crippen LogP contribution in [0.5, 0.6) is 0 Å². The van der Waals surface area contributed by atoms with Gasteiger partial charge < -0.3 is 14.2 Å². The molecule has 1 atom stereocenters. The maximum atomic E-state index is 6.58. The van der Waals surface area contributed by atoms with E-state index in [0.29, 0.717) is 5.84 Å². The molecule has 1 unspecified atom stereocenters. The molecule has 6 heteroatoms. The summed E-state index contributed by atoms with van der Waals surface area (Å²) in [6.07, 6.45) is -0.388. The average Bonchev–Trinajstić information content (AvgIpc) is 4.02. The highest BCUT2D eigenvalue weighted by molar-refractivity contribution is 7.26. The van der Waals surface area contributed by atoms with Gasteiger partial charge in [0.05, 0.1) is 0 Å². The molecule has 0 bridgehead atoms. The molecule has 61 heavy (non-hydrogen) atoms. The predicted octanol–water partition coefficient (Wildman–Crippen LogP) is 14.8. The van der Waals surface area contributed by atoms with E-state index in [2.05, 4.69) is 157 Å². The van der Waals surface area contributed by atoms with Gasteiger partial charge in [-0.25, -0.2) is 9.98 Å². The third-order valence-electron chi connectivity index (χ3n) is 12.2. The van der Waals surface area contributed by atoms with E-state index in [1.165, 1.54) is 20.2 Å². The molecule has 4 heterocycles. The first-order valence-electron chi connectivity index (χ1n) is 20.5. The van der Waals surface area contributed by atoms with Gasteiger partial charge >= 0.3 is 0 Å². The zero-order valence-electron chi connectivity index (χ0n) is 32.6. The van der Waals surface area contributed by atoms with Crippen molar-refractivity contribution in [2.45, 2.75) is 6.17 Å². The van der Waals surface area contributed by atoms with Crippen molar-refractivity contribution in [2.24, 2.45) is 9.98 Å². The van der Waals surface area contributed by atoms with Crippen LogP contribution in [0.25, 0.3) is 97.1 Å². The molecule has 1 aliphatic rings. The molecule has 9 aromatic carbocycles. The van der Waals surface area contributed by atoms with Crippen LogP contribution in [0.3, 0.4) is 0 Å². The number of hydrogen-bond acceptors (Lipinski definition) is 6. The summed E-state index contributed by atoms with van der Waals surface area (Å²) in [5.41, 5.74) is 11.1. The molecular weight excluding hydrogens is 767 g/mol. The first kappa shape index (κ1) is 34.1. The number of para-hydroxylation sites is 1. The highest BCUT2D eigenvalue weighted by atomic mass is 32.1. The van der Waals surface area contributed by atoms with E-state index in [9.17, 15) is 0 Å². The number of nitrogens with one attached hydrogen (secondary N) is 1. The van der Waals surface area contributed by atoms with Crippen molar-refractivity contribution in [3.8, 4) is 22.3 Å². The minimum atomic E-state index is -0.388. The quantitative estimate of drug-likeness (QED) is 0.189. The van der Waals surface area contributed by atoms with Crippen LogP contribution in [-0.4, -0.2) is 11.7 Å². The summed E-state index contributed by atoms with van der Waals surface area (Å²) in [6.45, 7) is 0. The smallest absolute Gasteiger partial charge is 0.159 e. The van der Waals surface area contributed by atoms with Crippen molar-refractivity contribution in [3.05, 3.63) is 205 Å². The molecule has 0 saturated heterocycles. The van der Waals surface area contributed by atoms with Crippen LogP contribution < -0.4 is 5.32 Å². The molecule has 0 aliphatic carbocycles. The molecule has 12 aromatic rings. The van der Waals surface area contributed by atoms with Crippen LogP contribution in [0.1, 0.15) is 22.9 Å². The van der Waals surface area contributed by atoms with E-state index in [4.69, 9.17) is 18.8 Å². The monoisotopic (exact) mass is 799 g/mol. The Balaban J connectivity index is 0.968. The molecular formula is C55H33N3O2S. The minimum Gasteiger partial charge on any atom is -0.456 e. The average molecular weight is 800 g/mol. The second kappa shape index (κ2) is 13.4. The van der Waals surface area contributed by atoms with E-state index in [-0.39, 0.29) is 6.17 Å². The van der Waals surface area contributed by atoms with E-state index >= 15 is 0 Å². The molecule has 1 N–H and O–H groups in total. The normalized spacial score (nSPS) is 14.4. The van der Waals surface area contributed by atoms with E-state index in [1.54, 1.807) is 0 Å². The maximum Gasteiger partial charge on any atom is 0.159 e. The molecule has 0 fully saturated rings. The maximum absolute atomic E-state index is 6.58. The van der Waals surface area contributed by atoms with Crippen molar-refractivity contribution in [1.82, 2.24) is 5.32 Å². The molecule has 286 valence electrons. The van der Waals surface area contributed by atoms with Crippen molar-refractivity contribution >= 4 is 97.8 Å². The van der Waals surface area contributed by atoms with E-state index in [1.807, 2.05) is 47.7 Å². The van der Waals surface area contributed by atoms with Crippen molar-refractivity contribution in [3.63, 3.8) is 0 Å². The number of nitrogens with zero attached hydrogens (tertiary/aromatic N) is 2. The van der Waals surface area contributed by atoms with Gasteiger partial charge in [0, 0.05) is 58.4 Å². The first-order valence-corrected chi connectivity index (χ1v) is 21.3. The van der Waals surface area contributed by atoms with Gasteiger partial charge in [-0.1, -0.05) is 146 Å². The zero-order valence-corrected chi connectivity index (χ0v) is 33.4. The van der Waals surface area contributed by atoms with Gasteiger partial charge in [-0.3, -0.25) is 0 Å². The van der Waals surface area contributed by atoms with Crippen LogP contribution in [0.4, 0.5) is 0 Å². The van der Waals surface area contributed by atoms with Gasteiger partial charge in [0.2, 0.25) is 0 Å². The number of hydrogen-bond donors (Lipinski definition) is 1. The van der Waals surface area contributed by atoms with Gasteiger partial charge in [-0.05, 0) is 75.5 Å². The molecule has 5 nitrogen and oxygen atoms in total. The second-order valence-electron chi connectivity index (χ2n) is 15.6. The number of rotatable bonds is 5. The Morgan fingerprint density at radius 3 is 1.92 bits per heavy atom. The Bertz CT molecular complexity index is 3810. The SMILES string of the molecule is c1ccc(C2=NC(c3ccc(-c4cccc5oc6ccc(-c7cccc8oc9ccccc9c78)cc6c45)c4ccccc34)NC(c3cccc4c3sc3ccccc34)=N2)cc1. The lowest BCUT2D eigenvalue weighted by Crippen LogP contribution is -2.33. The van der Waals surface area contributed by atoms with Crippen molar-refractivity contribution in [1.29, 1.82) is 0 Å². The van der Waals surface area contributed by atoms with Crippen molar-refractivity contribution < 1.29 is 8.83 Å². The summed E-state index contributed by atoms with van der Waals surface area (Å²) in [5.74, 6) is 1.52. The fourth-order valence-electron chi connectivity index (χ4n) is 9.43. The van der Waals surface area contributed by atoms with Crippen LogP contribution >= 0.6 is 11.3 Å². The zero-order chi connectivity index (χ0) is 40.0. The molecule has 13 rings (SSSR count). The fourth-order valence-corrected chi connectivity index (χ4v) is 10.6. The molecule has 1 aliphatic heterocycles. The summed E-state index contributed by atoms with van der Waals surface area (Å²) in [5, 5.41) is 13.0. The van der Waals surface area contributed by atoms with Crippen LogP contribution in [0, 0.1) is 0 Å². The Kier molecular flexibility index (Phi) is 7.47. The summed E-state index contributed by atoms with van der Waals surface area (Å²) in [4.78, 5) is 10.6. The Hall–Kier alpha value is -7.80. The molecule has 3 aromatic heterocycles. The Labute approximate surface area is 353 Å². The molecule has 0 saturated carbocycles. The number of fused-ring (bicyclic) bond motifs is 10. The van der Waals surface area contributed by atoms with Gasteiger partial charge in [-0.15, -0.1) is 11.3 Å². The first-order chi connectivity index (χ1) is 30.2. The number of thiophene rings is 1. The summed E-state index contributed by atoms with van der Waals surface area (Å²) >= 11 is 1.81. The van der Waals surface area contributed by atoms with E-state index < -0.39 is 0 Å². The number of furan rings is 2. The van der Waals surface area contributed by atoms with Crippen molar-refractivity contribution in [2.75, 3.05) is 0 Å². The molecule has 0 amide bonds. The van der Waals surface area contributed by atoms with Gasteiger partial charge in [0.15, 0.2) is 5.84 Å². The summed E-state index contributed by atoms with van der Waals surface area (Å²) < 4.78 is 15.3. The third-order valence-corrected chi connectivity index (χ3v) is 13.4. The second-order valence-corrected chi connectivity index (χ2v) is 16.7. The highest BCUT2D eigenvalue weighted by Gasteiger charge is 2.26. The summed E-state index contributed by atoms with van der Waals surface area (Å²) in [7, 11) is 0. The molecule has 0 radical (unpaired) electrons. The lowest BCUT2D eigenvalue weighted by Gasteiger charge is -2.25. The predicted molar refractivity (Wildman–Crippen MR) is 254 cm³/mol. The lowest BCUT2D eigenvalue weighted by atomic mass is 9.91. The van der Waals surface area contributed by atoms with Crippen LogP contribution in [0.15, 0.2) is 207 Å². The lowest BCUT2D eigenvalue weighted by molar-refractivity contribution is 0.669. The fraction of sp³-hybridized carbons (Fsp3) is 0.0182. The highest BCUT2D eigenvalue weighted by Crippen LogP contribution is 2.44. The number of aliphatic imine (C=N–C) groups is 2. The molecule has 0 spiro atoms. The third kappa shape index (κ3) is 5.32. The number of benzene rings is 9. The Morgan fingerprint density at radius 1 is 0.426 bits per heavy atom. The topological polar surface area (TPSA) is 63.0 Å². The van der Waals surface area contributed by atoms with E-state index in [0.717, 1.165) is 99.4 Å².